The Morgan fingerprint density at radius 3 is 2.39 bits per heavy atom. The lowest BCUT2D eigenvalue weighted by Gasteiger charge is -2.48. The fourth-order valence-corrected chi connectivity index (χ4v) is 5.45. The molecule has 0 aromatic heterocycles. The van der Waals surface area contributed by atoms with Gasteiger partial charge in [0.2, 0.25) is 0 Å². The number of nitrogens with zero attached hydrogens (tertiary/aromatic N) is 2. The zero-order valence-electron chi connectivity index (χ0n) is 20.1. The van der Waals surface area contributed by atoms with E-state index in [9.17, 15) is 14.9 Å². The topological polar surface area (TPSA) is 110 Å². The molecular formula is C22H32N2O8Si. The van der Waals surface area contributed by atoms with Gasteiger partial charge in [0.15, 0.2) is 14.1 Å². The van der Waals surface area contributed by atoms with Gasteiger partial charge in [0.25, 0.3) is 11.5 Å². The van der Waals surface area contributed by atoms with E-state index in [1.807, 2.05) is 13.8 Å². The van der Waals surface area contributed by atoms with Gasteiger partial charge in [-0.2, -0.15) is 0 Å². The standard InChI is InChI=1S/C22H32N2O8Si/c1-20(2,3)33(6,7)32-18-17-16(29-21(4,5)30-17)12-28-22(18)13-23(19(25)31-22)14-8-10-15(11-9-14)24(26)27/h8-11,16-18H,12-13H2,1-7H3/t16-,17-,18+,22+/m1/s1. The van der Waals surface area contributed by atoms with Crippen molar-refractivity contribution in [2.24, 2.45) is 0 Å². The van der Waals surface area contributed by atoms with Crippen LogP contribution in [-0.4, -0.2) is 62.4 Å². The Morgan fingerprint density at radius 2 is 1.82 bits per heavy atom. The van der Waals surface area contributed by atoms with Crippen LogP contribution in [0, 0.1) is 10.1 Å². The number of hydrogen-bond donors (Lipinski definition) is 0. The second kappa shape index (κ2) is 7.74. The zero-order chi connectivity index (χ0) is 24.4. The van der Waals surface area contributed by atoms with E-state index in [1.54, 1.807) is 0 Å². The third-order valence-electron chi connectivity index (χ3n) is 6.90. The number of anilines is 1. The molecule has 0 bridgehead atoms. The third-order valence-corrected chi connectivity index (χ3v) is 11.4. The van der Waals surface area contributed by atoms with Crippen LogP contribution in [0.1, 0.15) is 34.6 Å². The molecule has 182 valence electrons. The van der Waals surface area contributed by atoms with Gasteiger partial charge < -0.3 is 23.4 Å². The molecule has 0 unspecified atom stereocenters. The van der Waals surface area contributed by atoms with Crippen molar-refractivity contribution in [3.05, 3.63) is 34.4 Å². The summed E-state index contributed by atoms with van der Waals surface area (Å²) in [4.78, 5) is 24.9. The lowest BCUT2D eigenvalue weighted by Crippen LogP contribution is -2.65. The molecule has 4 atom stereocenters. The van der Waals surface area contributed by atoms with E-state index >= 15 is 0 Å². The lowest BCUT2D eigenvalue weighted by molar-refractivity contribution is -0.384. The number of non-ortho nitro benzene ring substituents is 1. The minimum atomic E-state index is -2.34. The van der Waals surface area contributed by atoms with Crippen LogP contribution in [0.4, 0.5) is 16.2 Å². The monoisotopic (exact) mass is 480 g/mol. The maximum Gasteiger partial charge on any atom is 0.417 e. The van der Waals surface area contributed by atoms with E-state index in [1.165, 1.54) is 29.2 Å². The molecule has 11 heteroatoms. The molecule has 0 radical (unpaired) electrons. The van der Waals surface area contributed by atoms with Crippen molar-refractivity contribution in [1.82, 2.24) is 0 Å². The van der Waals surface area contributed by atoms with Crippen molar-refractivity contribution in [3.8, 4) is 0 Å². The fraction of sp³-hybridized carbons (Fsp3) is 0.682. The third kappa shape index (κ3) is 4.28. The van der Waals surface area contributed by atoms with Crippen LogP contribution >= 0.6 is 0 Å². The molecule has 0 saturated carbocycles. The van der Waals surface area contributed by atoms with E-state index in [0.717, 1.165) is 0 Å². The second-order valence-electron chi connectivity index (χ2n) is 10.8. The zero-order valence-corrected chi connectivity index (χ0v) is 21.1. The van der Waals surface area contributed by atoms with Gasteiger partial charge in [-0.05, 0) is 44.1 Å². The SMILES string of the molecule is CC1(C)O[C@@H]2[C@@H](CO[C@]3(CN(c4ccc([N+](=O)[O-])cc4)C(=O)O3)[C@H]2O[Si](C)(C)C(C)(C)C)O1. The normalized spacial score (nSPS) is 31.5. The van der Waals surface area contributed by atoms with E-state index < -0.39 is 43.1 Å². The first-order chi connectivity index (χ1) is 15.1. The highest BCUT2D eigenvalue weighted by molar-refractivity contribution is 6.74. The van der Waals surface area contributed by atoms with Crippen LogP contribution in [-0.2, 0) is 23.4 Å². The van der Waals surface area contributed by atoms with Gasteiger partial charge in [0.05, 0.1) is 18.1 Å². The Kier molecular flexibility index (Phi) is 5.65. The summed E-state index contributed by atoms with van der Waals surface area (Å²) in [7, 11) is -2.34. The van der Waals surface area contributed by atoms with Crippen molar-refractivity contribution in [2.75, 3.05) is 18.1 Å². The van der Waals surface area contributed by atoms with Crippen molar-refractivity contribution in [3.63, 3.8) is 0 Å². The lowest BCUT2D eigenvalue weighted by atomic mass is 9.96. The van der Waals surface area contributed by atoms with E-state index in [2.05, 4.69) is 33.9 Å². The summed E-state index contributed by atoms with van der Waals surface area (Å²) < 4.78 is 31.1. The number of benzene rings is 1. The quantitative estimate of drug-likeness (QED) is 0.358. The molecule has 4 rings (SSSR count). The molecular weight excluding hydrogens is 448 g/mol. The summed E-state index contributed by atoms with van der Waals surface area (Å²) in [6.07, 6.45) is -2.14. The van der Waals surface area contributed by atoms with Gasteiger partial charge in [-0.25, -0.2) is 4.79 Å². The van der Waals surface area contributed by atoms with Crippen molar-refractivity contribution < 1.29 is 33.1 Å². The van der Waals surface area contributed by atoms with E-state index in [0.29, 0.717) is 5.69 Å². The van der Waals surface area contributed by atoms with Gasteiger partial charge >= 0.3 is 6.09 Å². The molecule has 0 aliphatic carbocycles. The van der Waals surface area contributed by atoms with Gasteiger partial charge in [-0.15, -0.1) is 0 Å². The van der Waals surface area contributed by atoms with Crippen molar-refractivity contribution in [1.29, 1.82) is 0 Å². The predicted molar refractivity (Wildman–Crippen MR) is 122 cm³/mol. The Bertz CT molecular complexity index is 945. The highest BCUT2D eigenvalue weighted by Crippen LogP contribution is 2.47. The molecule has 3 heterocycles. The summed E-state index contributed by atoms with van der Waals surface area (Å²) in [5.41, 5.74) is 0.416. The number of rotatable bonds is 4. The number of fused-ring (bicyclic) bond motifs is 1. The molecule has 1 aromatic carbocycles. The van der Waals surface area contributed by atoms with Crippen LogP contribution < -0.4 is 4.90 Å². The summed E-state index contributed by atoms with van der Waals surface area (Å²) in [6, 6.07) is 5.74. The fourth-order valence-electron chi connectivity index (χ4n) is 4.15. The largest absolute Gasteiger partial charge is 0.417 e. The van der Waals surface area contributed by atoms with E-state index in [4.69, 9.17) is 23.4 Å². The molecule has 3 saturated heterocycles. The first kappa shape index (κ1) is 24.1. The van der Waals surface area contributed by atoms with Crippen molar-refractivity contribution >= 4 is 25.8 Å². The minimum absolute atomic E-state index is 0.0596. The molecule has 33 heavy (non-hydrogen) atoms. The first-order valence-corrected chi connectivity index (χ1v) is 14.0. The highest BCUT2D eigenvalue weighted by atomic mass is 28.4. The van der Waals surface area contributed by atoms with Crippen LogP contribution in [0.2, 0.25) is 18.1 Å². The van der Waals surface area contributed by atoms with E-state index in [-0.39, 0.29) is 30.0 Å². The average molecular weight is 481 g/mol. The maximum absolute atomic E-state index is 13.0. The number of carbonyl (C=O) groups is 1. The van der Waals surface area contributed by atoms with Crippen LogP contribution in [0.25, 0.3) is 0 Å². The predicted octanol–water partition coefficient (Wildman–Crippen LogP) is 4.19. The Balaban J connectivity index is 1.68. The smallest absolute Gasteiger partial charge is 0.412 e. The summed E-state index contributed by atoms with van der Waals surface area (Å²) in [6.45, 7) is 14.6. The van der Waals surface area contributed by atoms with Crippen LogP contribution in [0.5, 0.6) is 0 Å². The molecule has 0 N–H and O–H groups in total. The molecule has 3 aliphatic rings. The maximum atomic E-state index is 13.0. The number of nitro groups is 1. The highest BCUT2D eigenvalue weighted by Gasteiger charge is 2.65. The Morgan fingerprint density at radius 1 is 1.18 bits per heavy atom. The number of ether oxygens (including phenoxy) is 4. The van der Waals surface area contributed by atoms with Crippen LogP contribution in [0.15, 0.2) is 24.3 Å². The number of amides is 1. The molecule has 1 aromatic rings. The molecule has 10 nitrogen and oxygen atoms in total. The number of carbonyl (C=O) groups excluding carboxylic acids is 1. The molecule has 3 fully saturated rings. The second-order valence-corrected chi connectivity index (χ2v) is 15.5. The minimum Gasteiger partial charge on any atom is -0.412 e. The van der Waals surface area contributed by atoms with Gasteiger partial charge in [0.1, 0.15) is 18.3 Å². The average Bonchev–Trinajstić information content (AvgIpc) is 3.19. The summed E-state index contributed by atoms with van der Waals surface area (Å²) in [5, 5.41) is 10.9. The van der Waals surface area contributed by atoms with Gasteiger partial charge in [-0.1, -0.05) is 20.8 Å². The first-order valence-electron chi connectivity index (χ1n) is 11.1. The molecule has 1 spiro atoms. The number of hydrogen-bond acceptors (Lipinski definition) is 8. The van der Waals surface area contributed by atoms with Crippen LogP contribution in [0.3, 0.4) is 0 Å². The Labute approximate surface area is 194 Å². The number of nitro benzene ring substituents is 1. The molecule has 3 aliphatic heterocycles. The molecule has 1 amide bonds. The van der Waals surface area contributed by atoms with Gasteiger partial charge in [0, 0.05) is 17.8 Å². The summed E-state index contributed by atoms with van der Waals surface area (Å²) in [5.74, 6) is -2.21. The Hall–Kier alpha value is -2.05. The van der Waals surface area contributed by atoms with Gasteiger partial charge in [-0.3, -0.25) is 15.0 Å². The summed E-state index contributed by atoms with van der Waals surface area (Å²) >= 11 is 0. The van der Waals surface area contributed by atoms with Crippen molar-refractivity contribution in [2.45, 2.75) is 82.6 Å².